The van der Waals surface area contributed by atoms with Crippen LogP contribution in [0.15, 0.2) is 30.9 Å². The lowest BCUT2D eigenvalue weighted by molar-refractivity contribution is -0.122. The third-order valence-corrected chi connectivity index (χ3v) is 5.74. The van der Waals surface area contributed by atoms with E-state index in [-0.39, 0.29) is 24.1 Å². The number of urea groups is 1. The summed E-state index contributed by atoms with van der Waals surface area (Å²) in [4.78, 5) is 65.8. The number of carbonyl (C=O) groups is 4. The van der Waals surface area contributed by atoms with Crippen LogP contribution in [0, 0.1) is 0 Å². The molecule has 1 aromatic carbocycles. The van der Waals surface area contributed by atoms with Crippen LogP contribution in [0.3, 0.4) is 0 Å². The molecule has 1 N–H and O–H groups in total. The van der Waals surface area contributed by atoms with Crippen molar-refractivity contribution in [2.75, 3.05) is 37.6 Å². The van der Waals surface area contributed by atoms with Gasteiger partial charge in [-0.2, -0.15) is 5.01 Å². The summed E-state index contributed by atoms with van der Waals surface area (Å²) >= 11 is 0. The quantitative estimate of drug-likeness (QED) is 0.639. The first-order chi connectivity index (χ1) is 15.5. The number of anilines is 1. The molecule has 0 radical (unpaired) electrons. The minimum Gasteiger partial charge on any atom is -0.338 e. The first kappa shape index (κ1) is 20.0. The molecule has 1 aromatic heterocycles. The lowest BCUT2D eigenvalue weighted by atomic mass is 10.1. The number of hydrogen-bond acceptors (Lipinski definition) is 9. The highest BCUT2D eigenvalue weighted by atomic mass is 16.2. The molecule has 0 aliphatic carbocycles. The molecular formula is C20H20N8O4. The van der Waals surface area contributed by atoms with Crippen molar-refractivity contribution in [3.05, 3.63) is 47.5 Å². The molecule has 2 aromatic rings. The Morgan fingerprint density at radius 2 is 1.59 bits per heavy atom. The molecule has 3 aliphatic heterocycles. The van der Waals surface area contributed by atoms with Crippen molar-refractivity contribution in [2.24, 2.45) is 0 Å². The van der Waals surface area contributed by atoms with Crippen LogP contribution in [0.2, 0.25) is 0 Å². The van der Waals surface area contributed by atoms with E-state index in [9.17, 15) is 19.2 Å². The molecule has 2 saturated heterocycles. The highest BCUT2D eigenvalue weighted by molar-refractivity contribution is 6.22. The number of hydrazine groups is 1. The lowest BCUT2D eigenvalue weighted by Gasteiger charge is -2.34. The summed E-state index contributed by atoms with van der Waals surface area (Å²) in [6.45, 7) is 3.73. The van der Waals surface area contributed by atoms with Gasteiger partial charge in [0.25, 0.3) is 11.8 Å². The Labute approximate surface area is 182 Å². The first-order valence-corrected chi connectivity index (χ1v) is 10.2. The average Bonchev–Trinajstić information content (AvgIpc) is 3.05. The standard InChI is InChI=1S/C20H20N8O4/c29-16-3-4-27(20(32)24-16)28-17(30)14-2-1-13(9-15(14)18(28)31)10-25-5-7-26(8-6-25)19-22-11-21-12-23-19/h1-2,9,11-12H,3-8,10H2,(H,24,29,32). The zero-order chi connectivity index (χ0) is 22.2. The molecule has 2 fully saturated rings. The number of nitrogens with one attached hydrogen (secondary N) is 1. The molecule has 12 nitrogen and oxygen atoms in total. The number of rotatable bonds is 4. The molecule has 5 rings (SSSR count). The highest BCUT2D eigenvalue weighted by Gasteiger charge is 2.43. The van der Waals surface area contributed by atoms with Gasteiger partial charge in [0.05, 0.1) is 17.7 Å². The molecule has 0 atom stereocenters. The van der Waals surface area contributed by atoms with Gasteiger partial charge in [-0.3, -0.25) is 24.6 Å². The second-order valence-corrected chi connectivity index (χ2v) is 7.73. The Hall–Kier alpha value is -3.93. The van der Waals surface area contributed by atoms with Crippen molar-refractivity contribution in [1.29, 1.82) is 0 Å². The molecular weight excluding hydrogens is 416 g/mol. The van der Waals surface area contributed by atoms with Gasteiger partial charge in [-0.15, -0.1) is 0 Å². The number of imide groups is 2. The summed E-state index contributed by atoms with van der Waals surface area (Å²) in [5.74, 6) is -0.895. The normalized spacial score (nSPS) is 19.4. The van der Waals surface area contributed by atoms with Crippen molar-refractivity contribution in [3.8, 4) is 0 Å². The number of fused-ring (bicyclic) bond motifs is 1. The zero-order valence-electron chi connectivity index (χ0n) is 17.1. The first-order valence-electron chi connectivity index (χ1n) is 10.2. The van der Waals surface area contributed by atoms with Gasteiger partial charge in [0.1, 0.15) is 12.7 Å². The van der Waals surface area contributed by atoms with Gasteiger partial charge in [-0.1, -0.05) is 6.07 Å². The van der Waals surface area contributed by atoms with Crippen molar-refractivity contribution < 1.29 is 19.2 Å². The molecule has 32 heavy (non-hydrogen) atoms. The van der Waals surface area contributed by atoms with Gasteiger partial charge in [-0.25, -0.2) is 24.8 Å². The summed E-state index contributed by atoms with van der Waals surface area (Å²) in [5.41, 5.74) is 1.42. The van der Waals surface area contributed by atoms with Gasteiger partial charge >= 0.3 is 6.03 Å². The Morgan fingerprint density at radius 3 is 2.31 bits per heavy atom. The summed E-state index contributed by atoms with van der Waals surface area (Å²) in [7, 11) is 0. The fourth-order valence-corrected chi connectivity index (χ4v) is 4.10. The van der Waals surface area contributed by atoms with E-state index >= 15 is 0 Å². The Morgan fingerprint density at radius 1 is 0.875 bits per heavy atom. The Bertz CT molecular complexity index is 1100. The maximum Gasteiger partial charge on any atom is 0.343 e. The predicted molar refractivity (Wildman–Crippen MR) is 109 cm³/mol. The van der Waals surface area contributed by atoms with Crippen molar-refractivity contribution in [1.82, 2.24) is 35.2 Å². The second kappa shape index (κ2) is 7.96. The number of hydrogen-bond donors (Lipinski definition) is 1. The van der Waals surface area contributed by atoms with E-state index in [4.69, 9.17) is 0 Å². The minimum absolute atomic E-state index is 0.0194. The van der Waals surface area contributed by atoms with Crippen LogP contribution in [0.5, 0.6) is 0 Å². The van der Waals surface area contributed by atoms with Crippen molar-refractivity contribution >= 4 is 29.7 Å². The van der Waals surface area contributed by atoms with E-state index < -0.39 is 23.8 Å². The van der Waals surface area contributed by atoms with E-state index in [0.717, 1.165) is 41.8 Å². The van der Waals surface area contributed by atoms with E-state index in [0.29, 0.717) is 12.5 Å². The average molecular weight is 436 g/mol. The summed E-state index contributed by atoms with van der Waals surface area (Å²) in [6.07, 6.45) is 2.99. The van der Waals surface area contributed by atoms with E-state index in [1.165, 1.54) is 12.7 Å². The van der Waals surface area contributed by atoms with Crippen LogP contribution in [0.4, 0.5) is 10.7 Å². The Balaban J connectivity index is 1.26. The van der Waals surface area contributed by atoms with Crippen LogP contribution in [-0.2, 0) is 11.3 Å². The van der Waals surface area contributed by atoms with Gasteiger partial charge in [-0.05, 0) is 17.7 Å². The summed E-state index contributed by atoms with van der Waals surface area (Å²) < 4.78 is 0. The van der Waals surface area contributed by atoms with Crippen LogP contribution >= 0.6 is 0 Å². The van der Waals surface area contributed by atoms with Gasteiger partial charge < -0.3 is 4.90 Å². The van der Waals surface area contributed by atoms with Crippen molar-refractivity contribution in [2.45, 2.75) is 13.0 Å². The largest absolute Gasteiger partial charge is 0.343 e. The maximum absolute atomic E-state index is 12.9. The van der Waals surface area contributed by atoms with Crippen LogP contribution in [-0.4, -0.2) is 86.3 Å². The fraction of sp³-hybridized carbons (Fsp3) is 0.350. The zero-order valence-corrected chi connectivity index (χ0v) is 17.1. The molecule has 0 spiro atoms. The third kappa shape index (κ3) is 3.54. The number of piperazine rings is 1. The smallest absolute Gasteiger partial charge is 0.338 e. The van der Waals surface area contributed by atoms with Gasteiger partial charge in [0, 0.05) is 39.1 Å². The summed E-state index contributed by atoms with van der Waals surface area (Å²) in [6, 6.07) is 4.39. The maximum atomic E-state index is 12.9. The summed E-state index contributed by atoms with van der Waals surface area (Å²) in [5, 5.41) is 3.95. The fourth-order valence-electron chi connectivity index (χ4n) is 4.10. The molecule has 0 unspecified atom stereocenters. The number of nitrogens with zero attached hydrogens (tertiary/aromatic N) is 7. The number of amides is 5. The topological polar surface area (TPSA) is 132 Å². The molecule has 5 amide bonds. The number of aromatic nitrogens is 3. The van der Waals surface area contributed by atoms with E-state index in [1.54, 1.807) is 12.1 Å². The molecule has 0 bridgehead atoms. The van der Waals surface area contributed by atoms with E-state index in [2.05, 4.69) is 30.1 Å². The molecule has 0 saturated carbocycles. The molecule has 3 aliphatic rings. The van der Waals surface area contributed by atoms with Crippen LogP contribution in [0.1, 0.15) is 32.7 Å². The monoisotopic (exact) mass is 436 g/mol. The SMILES string of the molecule is O=C1CCN(N2C(=O)c3ccc(CN4CCN(c5ncncn5)CC4)cc3C2=O)C(=O)N1. The second-order valence-electron chi connectivity index (χ2n) is 7.73. The molecule has 12 heteroatoms. The predicted octanol–water partition coefficient (Wildman–Crippen LogP) is -0.353. The van der Waals surface area contributed by atoms with Crippen LogP contribution < -0.4 is 10.2 Å². The van der Waals surface area contributed by atoms with Crippen molar-refractivity contribution in [3.63, 3.8) is 0 Å². The number of benzene rings is 1. The third-order valence-electron chi connectivity index (χ3n) is 5.74. The Kier molecular flexibility index (Phi) is 4.98. The number of carbonyl (C=O) groups excluding carboxylic acids is 4. The van der Waals surface area contributed by atoms with Gasteiger partial charge in [0.15, 0.2) is 0 Å². The van der Waals surface area contributed by atoms with Crippen LogP contribution in [0.25, 0.3) is 0 Å². The molecule has 164 valence electrons. The van der Waals surface area contributed by atoms with Gasteiger partial charge in [0.2, 0.25) is 11.9 Å². The minimum atomic E-state index is -0.771. The molecule has 4 heterocycles. The van der Waals surface area contributed by atoms with E-state index in [1.807, 2.05) is 6.07 Å². The highest BCUT2D eigenvalue weighted by Crippen LogP contribution is 2.27. The lowest BCUT2D eigenvalue weighted by Crippen LogP contribution is -2.58.